The molecule has 4 nitrogen and oxygen atoms in total. The van der Waals surface area contributed by atoms with Crippen LogP contribution in [-0.4, -0.2) is 24.0 Å². The Morgan fingerprint density at radius 2 is 1.89 bits per heavy atom. The van der Waals surface area contributed by atoms with Gasteiger partial charge in [-0.2, -0.15) is 0 Å². The number of amides is 1. The second-order valence-corrected chi connectivity index (χ2v) is 9.75. The lowest BCUT2D eigenvalue weighted by Crippen LogP contribution is -2.18. The van der Waals surface area contributed by atoms with E-state index in [0.717, 1.165) is 41.6 Å². The van der Waals surface area contributed by atoms with E-state index in [0.29, 0.717) is 12.3 Å². The lowest BCUT2D eigenvalue weighted by molar-refractivity contribution is -0.117. The van der Waals surface area contributed by atoms with Gasteiger partial charge in [0.15, 0.2) is 5.13 Å². The standard InChI is InChI=1S/C22H31N3OS/c1-16(14-22(2,3)4)13-20(26)23-18-9-7-17(8-10-18)19-15-27-21(24-19)25-11-5-6-12-25/h7-10,15-16H,5-6,11-14H2,1-4H3,(H,23,26). The van der Waals surface area contributed by atoms with E-state index >= 15 is 0 Å². The van der Waals surface area contributed by atoms with Gasteiger partial charge in [0.1, 0.15) is 0 Å². The van der Waals surface area contributed by atoms with Crippen LogP contribution in [-0.2, 0) is 4.79 Å². The summed E-state index contributed by atoms with van der Waals surface area (Å²) in [6, 6.07) is 8.01. The zero-order valence-corrected chi connectivity index (χ0v) is 17.7. The summed E-state index contributed by atoms with van der Waals surface area (Å²) < 4.78 is 0. The Kier molecular flexibility index (Phi) is 6.20. The number of nitrogens with one attached hydrogen (secondary N) is 1. The Morgan fingerprint density at radius 3 is 2.52 bits per heavy atom. The number of benzene rings is 1. The molecule has 0 spiro atoms. The molecule has 1 aliphatic rings. The molecular formula is C22H31N3OS. The fourth-order valence-corrected chi connectivity index (χ4v) is 4.71. The fourth-order valence-electron chi connectivity index (χ4n) is 3.82. The molecule has 1 fully saturated rings. The number of aromatic nitrogens is 1. The van der Waals surface area contributed by atoms with Crippen LogP contribution in [0.25, 0.3) is 11.3 Å². The normalized spacial score (nSPS) is 15.8. The number of anilines is 2. The smallest absolute Gasteiger partial charge is 0.224 e. The molecule has 1 aliphatic heterocycles. The molecule has 1 atom stereocenters. The number of carbonyl (C=O) groups is 1. The van der Waals surface area contributed by atoms with Gasteiger partial charge < -0.3 is 10.2 Å². The van der Waals surface area contributed by atoms with Crippen LogP contribution in [0.15, 0.2) is 29.6 Å². The van der Waals surface area contributed by atoms with Crippen LogP contribution in [0.4, 0.5) is 10.8 Å². The molecule has 0 radical (unpaired) electrons. The van der Waals surface area contributed by atoms with Gasteiger partial charge in [0, 0.05) is 36.1 Å². The quantitative estimate of drug-likeness (QED) is 0.682. The summed E-state index contributed by atoms with van der Waals surface area (Å²) in [6.45, 7) is 11.0. The molecule has 27 heavy (non-hydrogen) atoms. The minimum absolute atomic E-state index is 0.0875. The molecule has 1 amide bonds. The lowest BCUT2D eigenvalue weighted by Gasteiger charge is -2.22. The predicted octanol–water partition coefficient (Wildman–Crippen LogP) is 5.81. The van der Waals surface area contributed by atoms with Crippen LogP contribution in [0.3, 0.4) is 0 Å². The summed E-state index contributed by atoms with van der Waals surface area (Å²) in [5.74, 6) is 0.466. The van der Waals surface area contributed by atoms with Crippen LogP contribution < -0.4 is 10.2 Å². The molecule has 146 valence electrons. The van der Waals surface area contributed by atoms with E-state index < -0.39 is 0 Å². The van der Waals surface area contributed by atoms with Crippen molar-refractivity contribution in [2.45, 2.75) is 53.4 Å². The van der Waals surface area contributed by atoms with Gasteiger partial charge in [0.25, 0.3) is 0 Å². The molecule has 1 aromatic heterocycles. The van der Waals surface area contributed by atoms with Crippen LogP contribution >= 0.6 is 11.3 Å². The summed E-state index contributed by atoms with van der Waals surface area (Å²) in [6.07, 6.45) is 4.13. The van der Waals surface area contributed by atoms with E-state index in [1.54, 1.807) is 11.3 Å². The van der Waals surface area contributed by atoms with Crippen molar-refractivity contribution in [3.05, 3.63) is 29.6 Å². The number of hydrogen-bond donors (Lipinski definition) is 1. The number of hydrogen-bond acceptors (Lipinski definition) is 4. The number of nitrogens with zero attached hydrogens (tertiary/aromatic N) is 2. The highest BCUT2D eigenvalue weighted by atomic mass is 32.1. The predicted molar refractivity (Wildman–Crippen MR) is 115 cm³/mol. The third-order valence-corrected chi connectivity index (χ3v) is 5.73. The minimum atomic E-state index is 0.0875. The molecule has 2 heterocycles. The van der Waals surface area contributed by atoms with Crippen LogP contribution in [0.1, 0.15) is 53.4 Å². The van der Waals surface area contributed by atoms with E-state index in [-0.39, 0.29) is 11.3 Å². The molecule has 2 aromatic rings. The summed E-state index contributed by atoms with van der Waals surface area (Å²) in [4.78, 5) is 19.4. The SMILES string of the molecule is CC(CC(=O)Nc1ccc(-c2csc(N3CCCC3)n2)cc1)CC(C)(C)C. The van der Waals surface area contributed by atoms with E-state index in [1.807, 2.05) is 24.3 Å². The van der Waals surface area contributed by atoms with Crippen molar-refractivity contribution < 1.29 is 4.79 Å². The zero-order valence-electron chi connectivity index (χ0n) is 16.9. The number of carbonyl (C=O) groups excluding carboxylic acids is 1. The maximum absolute atomic E-state index is 12.3. The van der Waals surface area contributed by atoms with Gasteiger partial charge in [-0.15, -0.1) is 11.3 Å². The lowest BCUT2D eigenvalue weighted by atomic mass is 9.84. The van der Waals surface area contributed by atoms with Crippen molar-refractivity contribution in [1.82, 2.24) is 4.98 Å². The summed E-state index contributed by atoms with van der Waals surface area (Å²) >= 11 is 1.71. The molecule has 1 N–H and O–H groups in total. The number of rotatable bonds is 6. The summed E-state index contributed by atoms with van der Waals surface area (Å²) in [7, 11) is 0. The average Bonchev–Trinajstić information content (AvgIpc) is 3.25. The Balaban J connectivity index is 1.56. The summed E-state index contributed by atoms with van der Waals surface area (Å²) in [5, 5.41) is 6.26. The first kappa shape index (κ1) is 19.9. The van der Waals surface area contributed by atoms with E-state index in [1.165, 1.54) is 12.8 Å². The fraction of sp³-hybridized carbons (Fsp3) is 0.545. The Morgan fingerprint density at radius 1 is 1.22 bits per heavy atom. The Hall–Kier alpha value is -1.88. The third-order valence-electron chi connectivity index (χ3n) is 4.83. The van der Waals surface area contributed by atoms with Gasteiger partial charge in [0.05, 0.1) is 5.69 Å². The number of thiazole rings is 1. The molecule has 0 saturated carbocycles. The van der Waals surface area contributed by atoms with Gasteiger partial charge in [-0.05, 0) is 42.7 Å². The van der Waals surface area contributed by atoms with Crippen molar-refractivity contribution in [3.63, 3.8) is 0 Å². The van der Waals surface area contributed by atoms with Crippen molar-refractivity contribution in [2.75, 3.05) is 23.3 Å². The van der Waals surface area contributed by atoms with Crippen molar-refractivity contribution in [1.29, 1.82) is 0 Å². The maximum atomic E-state index is 12.3. The summed E-state index contributed by atoms with van der Waals surface area (Å²) in [5.41, 5.74) is 3.21. The van der Waals surface area contributed by atoms with Gasteiger partial charge in [-0.25, -0.2) is 4.98 Å². The second-order valence-electron chi connectivity index (χ2n) is 8.91. The third kappa shape index (κ3) is 5.80. The van der Waals surface area contributed by atoms with Gasteiger partial charge in [0.2, 0.25) is 5.91 Å². The first-order valence-electron chi connectivity index (χ1n) is 9.91. The van der Waals surface area contributed by atoms with Crippen LogP contribution in [0, 0.1) is 11.3 Å². The van der Waals surface area contributed by atoms with Gasteiger partial charge in [-0.3, -0.25) is 4.79 Å². The molecule has 1 saturated heterocycles. The van der Waals surface area contributed by atoms with E-state index in [2.05, 4.69) is 43.3 Å². The maximum Gasteiger partial charge on any atom is 0.224 e. The van der Waals surface area contributed by atoms with Crippen LogP contribution in [0.5, 0.6) is 0 Å². The van der Waals surface area contributed by atoms with Crippen molar-refractivity contribution in [2.24, 2.45) is 11.3 Å². The largest absolute Gasteiger partial charge is 0.348 e. The highest BCUT2D eigenvalue weighted by Crippen LogP contribution is 2.30. The van der Waals surface area contributed by atoms with Crippen molar-refractivity contribution >= 4 is 28.1 Å². The molecule has 1 aromatic carbocycles. The zero-order chi connectivity index (χ0) is 19.4. The molecule has 3 rings (SSSR count). The van der Waals surface area contributed by atoms with Gasteiger partial charge >= 0.3 is 0 Å². The average molecular weight is 386 g/mol. The molecule has 0 aliphatic carbocycles. The van der Waals surface area contributed by atoms with Gasteiger partial charge in [-0.1, -0.05) is 39.8 Å². The topological polar surface area (TPSA) is 45.2 Å². The molecule has 5 heteroatoms. The Labute approximate surface area is 167 Å². The Bertz CT molecular complexity index is 755. The second kappa shape index (κ2) is 8.42. The monoisotopic (exact) mass is 385 g/mol. The first-order chi connectivity index (χ1) is 12.8. The van der Waals surface area contributed by atoms with Crippen molar-refractivity contribution in [3.8, 4) is 11.3 Å². The molecule has 1 unspecified atom stereocenters. The first-order valence-corrected chi connectivity index (χ1v) is 10.8. The van der Waals surface area contributed by atoms with E-state index in [9.17, 15) is 4.79 Å². The molecule has 0 bridgehead atoms. The molecular weight excluding hydrogens is 354 g/mol. The highest BCUT2D eigenvalue weighted by Gasteiger charge is 2.18. The van der Waals surface area contributed by atoms with Crippen LogP contribution in [0.2, 0.25) is 0 Å². The van der Waals surface area contributed by atoms with E-state index in [4.69, 9.17) is 4.98 Å². The minimum Gasteiger partial charge on any atom is -0.348 e. The highest BCUT2D eigenvalue weighted by molar-refractivity contribution is 7.14.